The molecule has 0 aliphatic carbocycles. The Bertz CT molecular complexity index is 309. The van der Waals surface area contributed by atoms with E-state index in [4.69, 9.17) is 4.55 Å². The summed E-state index contributed by atoms with van der Waals surface area (Å²) in [5.74, 6) is 0. The Morgan fingerprint density at radius 3 is 2.27 bits per heavy atom. The number of halogens is 2. The van der Waals surface area contributed by atoms with Crippen molar-refractivity contribution in [2.24, 2.45) is 0 Å². The lowest BCUT2D eigenvalue weighted by atomic mass is 10.5. The smallest absolute Gasteiger partial charge is 0.293 e. The van der Waals surface area contributed by atoms with Gasteiger partial charge in [0.25, 0.3) is 16.1 Å². The van der Waals surface area contributed by atoms with Crippen molar-refractivity contribution in [3.05, 3.63) is 11.4 Å². The number of nitrogens with zero attached hydrogens (tertiary/aromatic N) is 1. The summed E-state index contributed by atoms with van der Waals surface area (Å²) in [6, 6.07) is -1.30. The monoisotopic (exact) mass is 263 g/mol. The van der Waals surface area contributed by atoms with Gasteiger partial charge in [0.15, 0.2) is 0 Å². The van der Waals surface area contributed by atoms with Crippen LogP contribution in [0.4, 0.5) is 4.39 Å². The van der Waals surface area contributed by atoms with E-state index in [9.17, 15) is 12.8 Å². The number of quaternary nitrogens is 1. The van der Waals surface area contributed by atoms with Crippen LogP contribution in [0, 0.1) is 0 Å². The van der Waals surface area contributed by atoms with Gasteiger partial charge in [0.2, 0.25) is 0 Å². The highest BCUT2D eigenvalue weighted by Crippen LogP contribution is 2.02. The molecule has 0 saturated heterocycles. The van der Waals surface area contributed by atoms with Crippen LogP contribution in [0.2, 0.25) is 0 Å². The molecule has 0 aliphatic rings. The number of hydrogen-bond donors (Lipinski definition) is 1. The normalized spacial score (nSPS) is 13.3. The van der Waals surface area contributed by atoms with Crippen LogP contribution in [-0.2, 0) is 14.9 Å². The predicted octanol–water partition coefficient (Wildman–Crippen LogP) is -2.63. The Hall–Kier alpha value is -0.370. The maximum atomic E-state index is 12.6. The Balaban J connectivity index is 0. The van der Waals surface area contributed by atoms with E-state index in [0.29, 0.717) is 11.0 Å². The largest absolute Gasteiger partial charge is 1.00 e. The van der Waals surface area contributed by atoms with Gasteiger partial charge in [-0.2, -0.15) is 12.8 Å². The Kier molecular flexibility index (Phi) is 7.12. The molecule has 92 valence electrons. The molecule has 0 saturated carbocycles. The minimum absolute atomic E-state index is 0. The molecule has 15 heavy (non-hydrogen) atoms. The molecule has 0 spiro atoms. The first-order valence-corrected chi connectivity index (χ1v) is 5.38. The van der Waals surface area contributed by atoms with Crippen molar-refractivity contribution < 1.29 is 39.0 Å². The van der Waals surface area contributed by atoms with Crippen molar-refractivity contribution in [2.45, 2.75) is 0 Å². The molecule has 0 amide bonds. The maximum Gasteiger partial charge on any atom is 0.293 e. The van der Waals surface area contributed by atoms with Crippen molar-refractivity contribution in [3.8, 4) is 0 Å². The van der Waals surface area contributed by atoms with Gasteiger partial charge in [0, 0.05) is 0 Å². The molecule has 0 aliphatic heterocycles. The fourth-order valence-corrected chi connectivity index (χ4v) is 0.870. The van der Waals surface area contributed by atoms with Crippen molar-refractivity contribution in [3.63, 3.8) is 0 Å². The topological polar surface area (TPSA) is 63.6 Å². The molecule has 0 aromatic heterocycles. The summed E-state index contributed by atoms with van der Waals surface area (Å²) in [4.78, 5) is 0. The van der Waals surface area contributed by atoms with E-state index < -0.39 is 16.1 Å². The summed E-state index contributed by atoms with van der Waals surface area (Å²) in [7, 11) is 1.19. The van der Waals surface area contributed by atoms with Gasteiger partial charge in [-0.05, 0) is 0 Å². The second kappa shape index (κ2) is 6.26. The molecule has 8 heteroatoms. The zero-order chi connectivity index (χ0) is 11.4. The zero-order valence-corrected chi connectivity index (χ0v) is 10.3. The number of hydrogen-bond acceptors (Lipinski definition) is 3. The van der Waals surface area contributed by atoms with Gasteiger partial charge < -0.3 is 21.6 Å². The molecule has 0 bridgehead atoms. The summed E-state index contributed by atoms with van der Waals surface area (Å²) >= 11 is 0. The highest BCUT2D eigenvalue weighted by atomic mass is 35.5. The predicted molar refractivity (Wildman–Crippen MR) is 49.6 cm³/mol. The van der Waals surface area contributed by atoms with Gasteiger partial charge in [-0.3, -0.25) is 4.55 Å². The first-order valence-electron chi connectivity index (χ1n) is 3.88. The molecule has 0 radical (unpaired) electrons. The van der Waals surface area contributed by atoms with E-state index >= 15 is 0 Å². The standard InChI is InChI=1S/C7H14FNO4S.ClH/c1-9(2,3)4-5-13-7(8)6-14(10,11)12;/h6H,4-5H2,1-3H3;1H. The first-order chi connectivity index (χ1) is 6.10. The number of rotatable bonds is 5. The van der Waals surface area contributed by atoms with Crippen LogP contribution >= 0.6 is 0 Å². The lowest BCUT2D eigenvalue weighted by molar-refractivity contribution is -0.870. The SMILES string of the molecule is C[N+](C)(C)CCOC(F)=CS(=O)(=O)O.[Cl-]. The second-order valence-corrected chi connectivity index (χ2v) is 5.06. The van der Waals surface area contributed by atoms with Gasteiger partial charge >= 0.3 is 0 Å². The van der Waals surface area contributed by atoms with Crippen molar-refractivity contribution in [2.75, 3.05) is 34.3 Å². The van der Waals surface area contributed by atoms with Crippen LogP contribution in [-0.4, -0.2) is 51.7 Å². The van der Waals surface area contributed by atoms with E-state index in [1.165, 1.54) is 0 Å². The molecule has 0 aromatic rings. The summed E-state index contributed by atoms with van der Waals surface area (Å²) in [5, 5.41) is 0.0304. The number of ether oxygens (including phenoxy) is 1. The van der Waals surface area contributed by atoms with Crippen LogP contribution in [0.3, 0.4) is 0 Å². The maximum absolute atomic E-state index is 12.6. The van der Waals surface area contributed by atoms with Crippen LogP contribution < -0.4 is 12.4 Å². The molecule has 0 fully saturated rings. The fourth-order valence-electron chi connectivity index (χ4n) is 0.568. The molecule has 1 N–H and O–H groups in total. The Labute approximate surface area is 95.3 Å². The number of likely N-dealkylation sites (N-methyl/N-ethyl adjacent to an activating group) is 1. The first kappa shape index (κ1) is 17.0. The summed E-state index contributed by atoms with van der Waals surface area (Å²) in [6.07, 6.45) is 0. The van der Waals surface area contributed by atoms with Crippen LogP contribution in [0.15, 0.2) is 11.4 Å². The lowest BCUT2D eigenvalue weighted by Crippen LogP contribution is -3.00. The molecule has 0 unspecified atom stereocenters. The minimum atomic E-state index is -4.46. The summed E-state index contributed by atoms with van der Waals surface area (Å²) < 4.78 is 46.1. The van der Waals surface area contributed by atoms with Crippen LogP contribution in [0.25, 0.3) is 0 Å². The molecule has 0 aromatic carbocycles. The van der Waals surface area contributed by atoms with Gasteiger partial charge in [0.05, 0.1) is 21.1 Å². The Morgan fingerprint density at radius 1 is 1.47 bits per heavy atom. The Morgan fingerprint density at radius 2 is 1.93 bits per heavy atom. The van der Waals surface area contributed by atoms with Gasteiger partial charge in [0.1, 0.15) is 18.6 Å². The highest BCUT2D eigenvalue weighted by Gasteiger charge is 2.09. The molecule has 5 nitrogen and oxygen atoms in total. The molecular weight excluding hydrogens is 249 g/mol. The van der Waals surface area contributed by atoms with Crippen LogP contribution in [0.5, 0.6) is 0 Å². The average Bonchev–Trinajstić information content (AvgIpc) is 1.78. The van der Waals surface area contributed by atoms with Crippen molar-refractivity contribution in [1.29, 1.82) is 0 Å². The van der Waals surface area contributed by atoms with E-state index in [0.717, 1.165) is 0 Å². The molecule has 0 atom stereocenters. The van der Waals surface area contributed by atoms with Gasteiger partial charge in [-0.25, -0.2) is 0 Å². The summed E-state index contributed by atoms with van der Waals surface area (Å²) in [6.45, 7) is 0.564. The minimum Gasteiger partial charge on any atom is -1.00 e. The third-order valence-electron chi connectivity index (χ3n) is 1.24. The lowest BCUT2D eigenvalue weighted by Gasteiger charge is -2.23. The molecule has 0 heterocycles. The average molecular weight is 264 g/mol. The quantitative estimate of drug-likeness (QED) is 0.335. The van der Waals surface area contributed by atoms with Gasteiger partial charge in [-0.1, -0.05) is 0 Å². The highest BCUT2D eigenvalue weighted by molar-refractivity contribution is 7.88. The second-order valence-electron chi connectivity index (χ2n) is 3.80. The third-order valence-corrected chi connectivity index (χ3v) is 1.73. The van der Waals surface area contributed by atoms with Gasteiger partial charge in [-0.15, -0.1) is 0 Å². The fraction of sp³-hybridized carbons (Fsp3) is 0.714. The molecular formula is C7H15ClFNO4S. The molecule has 0 rings (SSSR count). The third kappa shape index (κ3) is 13.6. The van der Waals surface area contributed by atoms with E-state index in [2.05, 4.69) is 4.74 Å². The van der Waals surface area contributed by atoms with E-state index in [1.54, 1.807) is 0 Å². The van der Waals surface area contributed by atoms with E-state index in [1.807, 2.05) is 21.1 Å². The zero-order valence-electron chi connectivity index (χ0n) is 8.77. The van der Waals surface area contributed by atoms with Crippen molar-refractivity contribution >= 4 is 10.1 Å². The summed E-state index contributed by atoms with van der Waals surface area (Å²) in [5.41, 5.74) is 0. The van der Waals surface area contributed by atoms with Crippen LogP contribution in [0.1, 0.15) is 0 Å². The van der Waals surface area contributed by atoms with Crippen molar-refractivity contribution in [1.82, 2.24) is 0 Å². The van der Waals surface area contributed by atoms with E-state index in [-0.39, 0.29) is 24.4 Å².